The van der Waals surface area contributed by atoms with Gasteiger partial charge in [0.15, 0.2) is 0 Å². The lowest BCUT2D eigenvalue weighted by Gasteiger charge is -2.10. The molecule has 0 saturated carbocycles. The van der Waals surface area contributed by atoms with Crippen molar-refractivity contribution in [1.82, 2.24) is 4.72 Å². The van der Waals surface area contributed by atoms with Gasteiger partial charge in [-0.1, -0.05) is 6.92 Å². The molecule has 5 nitrogen and oxygen atoms in total. The summed E-state index contributed by atoms with van der Waals surface area (Å²) in [4.78, 5) is 10.3. The van der Waals surface area contributed by atoms with E-state index in [4.69, 9.17) is 5.11 Å². The van der Waals surface area contributed by atoms with Crippen LogP contribution in [0.1, 0.15) is 33.1 Å². The van der Waals surface area contributed by atoms with Crippen LogP contribution >= 0.6 is 0 Å². The number of aliphatic carboxylic acids is 1. The Balaban J connectivity index is 3.64. The van der Waals surface area contributed by atoms with E-state index >= 15 is 0 Å². The third kappa shape index (κ3) is 8.38. The Bertz CT molecular complexity index is 286. The number of carboxylic acids is 1. The molecule has 0 bridgehead atoms. The van der Waals surface area contributed by atoms with Crippen LogP contribution in [0, 0.1) is 5.92 Å². The number of carboxylic acid groups (broad SMARTS) is 1. The number of hydrogen-bond donors (Lipinski definition) is 2. The summed E-state index contributed by atoms with van der Waals surface area (Å²) in [5, 5.41) is 8.44. The van der Waals surface area contributed by atoms with Crippen LogP contribution in [-0.4, -0.2) is 31.8 Å². The van der Waals surface area contributed by atoms with Crippen molar-refractivity contribution < 1.29 is 18.3 Å². The third-order valence-corrected chi connectivity index (χ3v) is 3.59. The van der Waals surface area contributed by atoms with Gasteiger partial charge in [0.1, 0.15) is 0 Å². The average molecular weight is 237 g/mol. The number of rotatable bonds is 8. The lowest BCUT2D eigenvalue weighted by molar-refractivity contribution is -0.137. The molecule has 1 unspecified atom stereocenters. The van der Waals surface area contributed by atoms with E-state index in [9.17, 15) is 13.2 Å². The topological polar surface area (TPSA) is 83.5 Å². The summed E-state index contributed by atoms with van der Waals surface area (Å²) in [6, 6.07) is 0. The second-order valence-electron chi connectivity index (χ2n) is 3.62. The molecule has 0 fully saturated rings. The van der Waals surface area contributed by atoms with Gasteiger partial charge in [0.25, 0.3) is 0 Å². The van der Waals surface area contributed by atoms with Crippen LogP contribution < -0.4 is 4.72 Å². The minimum absolute atomic E-state index is 0.0799. The predicted molar refractivity (Wildman–Crippen MR) is 58.1 cm³/mol. The van der Waals surface area contributed by atoms with Gasteiger partial charge in [-0.15, -0.1) is 0 Å². The third-order valence-electron chi connectivity index (χ3n) is 2.19. The average Bonchev–Trinajstić information content (AvgIpc) is 2.14. The summed E-state index contributed by atoms with van der Waals surface area (Å²) in [5.74, 6) is -0.507. The molecule has 0 saturated heterocycles. The lowest BCUT2D eigenvalue weighted by Crippen LogP contribution is -2.27. The zero-order valence-electron chi connectivity index (χ0n) is 9.19. The highest BCUT2D eigenvalue weighted by atomic mass is 32.2. The predicted octanol–water partition coefficient (Wildman–Crippen LogP) is 0.817. The van der Waals surface area contributed by atoms with Gasteiger partial charge in [0, 0.05) is 13.0 Å². The smallest absolute Gasteiger partial charge is 0.303 e. The fraction of sp³-hybridized carbons (Fsp3) is 0.889. The summed E-state index contributed by atoms with van der Waals surface area (Å²) in [6.45, 7) is 3.89. The molecule has 0 heterocycles. The van der Waals surface area contributed by atoms with E-state index in [1.807, 2.05) is 6.92 Å². The van der Waals surface area contributed by atoms with Crippen molar-refractivity contribution in [3.8, 4) is 0 Å². The van der Waals surface area contributed by atoms with Crippen LogP contribution in [0.2, 0.25) is 0 Å². The molecular formula is C9H19NO4S. The maximum atomic E-state index is 11.0. The highest BCUT2D eigenvalue weighted by molar-refractivity contribution is 7.89. The van der Waals surface area contributed by atoms with Gasteiger partial charge in [-0.2, -0.15) is 0 Å². The second-order valence-corrected chi connectivity index (χ2v) is 5.72. The summed E-state index contributed by atoms with van der Waals surface area (Å²) in [6.07, 6.45) is 1.40. The Morgan fingerprint density at radius 1 is 1.40 bits per heavy atom. The molecule has 0 aliphatic heterocycles. The number of carbonyl (C=O) groups is 1. The van der Waals surface area contributed by atoms with E-state index in [1.54, 1.807) is 6.92 Å². The maximum absolute atomic E-state index is 11.0. The Kier molecular flexibility index (Phi) is 6.51. The van der Waals surface area contributed by atoms with Crippen molar-refractivity contribution in [3.63, 3.8) is 0 Å². The molecule has 2 N–H and O–H groups in total. The molecule has 6 heteroatoms. The molecule has 90 valence electrons. The van der Waals surface area contributed by atoms with Gasteiger partial charge in [-0.05, 0) is 25.7 Å². The van der Waals surface area contributed by atoms with E-state index in [-0.39, 0.29) is 18.1 Å². The van der Waals surface area contributed by atoms with E-state index in [0.717, 1.165) is 0 Å². The monoisotopic (exact) mass is 237 g/mol. The minimum atomic E-state index is -3.11. The highest BCUT2D eigenvalue weighted by Crippen LogP contribution is 2.09. The summed E-state index contributed by atoms with van der Waals surface area (Å²) < 4.78 is 24.5. The van der Waals surface area contributed by atoms with Crippen molar-refractivity contribution in [2.75, 3.05) is 12.3 Å². The molecule has 0 aromatic carbocycles. The summed E-state index contributed by atoms with van der Waals surface area (Å²) in [5.41, 5.74) is 0. The van der Waals surface area contributed by atoms with Gasteiger partial charge in [-0.25, -0.2) is 13.1 Å². The van der Waals surface area contributed by atoms with Gasteiger partial charge in [0.2, 0.25) is 10.0 Å². The molecule has 0 aliphatic rings. The van der Waals surface area contributed by atoms with E-state index < -0.39 is 16.0 Å². The fourth-order valence-electron chi connectivity index (χ4n) is 1.08. The van der Waals surface area contributed by atoms with Crippen molar-refractivity contribution in [2.24, 2.45) is 5.92 Å². The number of nitrogens with one attached hydrogen (secondary N) is 1. The van der Waals surface area contributed by atoms with Gasteiger partial charge in [-0.3, -0.25) is 4.79 Å². The Hall–Kier alpha value is -0.620. The van der Waals surface area contributed by atoms with Crippen LogP contribution in [0.25, 0.3) is 0 Å². The molecule has 0 aliphatic carbocycles. The van der Waals surface area contributed by atoms with E-state index in [0.29, 0.717) is 19.4 Å². The molecule has 1 atom stereocenters. The first-order valence-electron chi connectivity index (χ1n) is 5.06. The number of sulfonamides is 1. The first-order chi connectivity index (χ1) is 6.87. The lowest BCUT2D eigenvalue weighted by atomic mass is 10.0. The van der Waals surface area contributed by atoms with Crippen molar-refractivity contribution in [2.45, 2.75) is 33.1 Å². The zero-order chi connectivity index (χ0) is 11.9. The summed E-state index contributed by atoms with van der Waals surface area (Å²) in [7, 11) is -3.11. The quantitative estimate of drug-likeness (QED) is 0.654. The minimum Gasteiger partial charge on any atom is -0.481 e. The van der Waals surface area contributed by atoms with Gasteiger partial charge in [0.05, 0.1) is 5.75 Å². The fourth-order valence-corrected chi connectivity index (χ4v) is 1.71. The van der Waals surface area contributed by atoms with Crippen molar-refractivity contribution in [1.29, 1.82) is 0 Å². The molecule has 15 heavy (non-hydrogen) atoms. The number of hydrogen-bond acceptors (Lipinski definition) is 3. The van der Waals surface area contributed by atoms with Crippen LogP contribution in [0.5, 0.6) is 0 Å². The van der Waals surface area contributed by atoms with Crippen LogP contribution in [0.15, 0.2) is 0 Å². The van der Waals surface area contributed by atoms with Gasteiger partial charge < -0.3 is 5.11 Å². The molecule has 0 radical (unpaired) electrons. The highest BCUT2D eigenvalue weighted by Gasteiger charge is 2.08. The normalized spacial score (nSPS) is 13.7. The van der Waals surface area contributed by atoms with Crippen molar-refractivity contribution >= 4 is 16.0 Å². The molecular weight excluding hydrogens is 218 g/mol. The zero-order valence-corrected chi connectivity index (χ0v) is 10.0. The first-order valence-corrected chi connectivity index (χ1v) is 6.71. The Labute approximate surface area is 90.9 Å². The second kappa shape index (κ2) is 6.79. The Morgan fingerprint density at radius 3 is 2.47 bits per heavy atom. The van der Waals surface area contributed by atoms with Crippen LogP contribution in [0.4, 0.5) is 0 Å². The first kappa shape index (κ1) is 14.4. The maximum Gasteiger partial charge on any atom is 0.303 e. The summed E-state index contributed by atoms with van der Waals surface area (Å²) >= 11 is 0. The SMILES string of the molecule is CCS(=O)(=O)NCCC(C)CCC(=O)O. The standard InChI is InChI=1S/C9H19NO4S/c1-3-15(13,14)10-7-6-8(2)4-5-9(11)12/h8,10H,3-7H2,1-2H3,(H,11,12). The van der Waals surface area contributed by atoms with Crippen LogP contribution in [-0.2, 0) is 14.8 Å². The van der Waals surface area contributed by atoms with Crippen LogP contribution in [0.3, 0.4) is 0 Å². The molecule has 0 aromatic heterocycles. The molecule has 0 rings (SSSR count). The van der Waals surface area contributed by atoms with E-state index in [2.05, 4.69) is 4.72 Å². The molecule has 0 spiro atoms. The molecule has 0 aromatic rings. The van der Waals surface area contributed by atoms with Gasteiger partial charge >= 0.3 is 5.97 Å². The van der Waals surface area contributed by atoms with E-state index in [1.165, 1.54) is 0 Å². The Morgan fingerprint density at radius 2 is 2.00 bits per heavy atom. The molecule has 0 amide bonds. The van der Waals surface area contributed by atoms with Crippen molar-refractivity contribution in [3.05, 3.63) is 0 Å². The largest absolute Gasteiger partial charge is 0.481 e.